The number of aromatic amines is 1. The van der Waals surface area contributed by atoms with Gasteiger partial charge in [-0.25, -0.2) is 4.98 Å². The molecule has 4 heteroatoms. The van der Waals surface area contributed by atoms with Crippen LogP contribution in [0.4, 0.5) is 0 Å². The van der Waals surface area contributed by atoms with Crippen molar-refractivity contribution in [3.8, 4) is 5.88 Å². The maximum absolute atomic E-state index is 11.5. The second-order valence-electron chi connectivity index (χ2n) is 3.07. The summed E-state index contributed by atoms with van der Waals surface area (Å²) in [7, 11) is 1.55. The summed E-state index contributed by atoms with van der Waals surface area (Å²) in [6, 6.07) is 5.20. The maximum Gasteiger partial charge on any atom is 0.257 e. The van der Waals surface area contributed by atoms with Crippen LogP contribution >= 0.6 is 0 Å². The van der Waals surface area contributed by atoms with Crippen LogP contribution in [0.1, 0.15) is 5.69 Å². The molecule has 0 radical (unpaired) electrons. The molecule has 0 unspecified atom stereocenters. The van der Waals surface area contributed by atoms with Crippen molar-refractivity contribution < 1.29 is 4.74 Å². The number of aromatic nitrogens is 2. The van der Waals surface area contributed by atoms with Crippen molar-refractivity contribution in [1.29, 1.82) is 0 Å². The van der Waals surface area contributed by atoms with Crippen LogP contribution in [0.2, 0.25) is 0 Å². The summed E-state index contributed by atoms with van der Waals surface area (Å²) < 4.78 is 4.98. The minimum absolute atomic E-state index is 0.116. The van der Waals surface area contributed by atoms with Gasteiger partial charge in [-0.2, -0.15) is 0 Å². The number of nitrogens with one attached hydrogen (secondary N) is 1. The predicted molar refractivity (Wildman–Crippen MR) is 53.7 cm³/mol. The highest BCUT2D eigenvalue weighted by atomic mass is 16.5. The molecule has 72 valence electrons. The van der Waals surface area contributed by atoms with Crippen molar-refractivity contribution in [2.75, 3.05) is 7.11 Å². The Balaban J connectivity index is 2.82. The van der Waals surface area contributed by atoms with E-state index in [0.29, 0.717) is 16.8 Å². The number of hydrogen-bond acceptors (Lipinski definition) is 3. The number of H-pyrrole nitrogens is 1. The van der Waals surface area contributed by atoms with Crippen molar-refractivity contribution in [2.45, 2.75) is 6.92 Å². The summed E-state index contributed by atoms with van der Waals surface area (Å²) in [4.78, 5) is 18.4. The number of nitrogens with zero attached hydrogens (tertiary/aromatic N) is 1. The third kappa shape index (κ3) is 1.35. The van der Waals surface area contributed by atoms with Gasteiger partial charge in [0.2, 0.25) is 5.88 Å². The first kappa shape index (κ1) is 8.74. The molecule has 0 spiro atoms. The van der Waals surface area contributed by atoms with Gasteiger partial charge in [-0.1, -0.05) is 0 Å². The molecule has 2 aromatic heterocycles. The molecule has 2 heterocycles. The lowest BCUT2D eigenvalue weighted by molar-refractivity contribution is 0.399. The molecule has 0 fully saturated rings. The smallest absolute Gasteiger partial charge is 0.257 e. The Labute approximate surface area is 80.6 Å². The summed E-state index contributed by atoms with van der Waals surface area (Å²) in [5.41, 5.74) is 1.34. The van der Waals surface area contributed by atoms with Crippen LogP contribution < -0.4 is 10.3 Å². The van der Waals surface area contributed by atoms with Crippen LogP contribution in [-0.2, 0) is 0 Å². The molecule has 14 heavy (non-hydrogen) atoms. The molecule has 0 atom stereocenters. The fraction of sp³-hybridized carbons (Fsp3) is 0.200. The predicted octanol–water partition coefficient (Wildman–Crippen LogP) is 1.24. The summed E-state index contributed by atoms with van der Waals surface area (Å²) in [6.07, 6.45) is 0. The van der Waals surface area contributed by atoms with Gasteiger partial charge in [0.05, 0.1) is 18.0 Å². The minimum Gasteiger partial charge on any atom is -0.481 e. The highest BCUT2D eigenvalue weighted by Crippen LogP contribution is 2.12. The van der Waals surface area contributed by atoms with Gasteiger partial charge in [0.15, 0.2) is 0 Å². The molecule has 0 saturated heterocycles. The zero-order valence-corrected chi connectivity index (χ0v) is 8.00. The Morgan fingerprint density at radius 1 is 1.43 bits per heavy atom. The molecule has 0 saturated carbocycles. The molecule has 2 aromatic rings. The topological polar surface area (TPSA) is 55.0 Å². The van der Waals surface area contributed by atoms with E-state index in [4.69, 9.17) is 4.74 Å². The zero-order valence-electron chi connectivity index (χ0n) is 8.00. The van der Waals surface area contributed by atoms with Gasteiger partial charge < -0.3 is 9.72 Å². The van der Waals surface area contributed by atoms with Crippen molar-refractivity contribution in [3.63, 3.8) is 0 Å². The quantitative estimate of drug-likeness (QED) is 0.736. The van der Waals surface area contributed by atoms with E-state index in [9.17, 15) is 4.79 Å². The molecule has 0 aliphatic rings. The van der Waals surface area contributed by atoms with Gasteiger partial charge >= 0.3 is 0 Å². The number of methoxy groups -OCH3 is 1. The van der Waals surface area contributed by atoms with Gasteiger partial charge in [0.1, 0.15) is 0 Å². The van der Waals surface area contributed by atoms with Crippen molar-refractivity contribution in [2.24, 2.45) is 0 Å². The van der Waals surface area contributed by atoms with Crippen LogP contribution in [0.25, 0.3) is 10.9 Å². The second kappa shape index (κ2) is 3.14. The minimum atomic E-state index is -0.116. The Kier molecular flexibility index (Phi) is 1.96. The molecule has 0 amide bonds. The normalized spacial score (nSPS) is 10.4. The lowest BCUT2D eigenvalue weighted by Crippen LogP contribution is -2.08. The van der Waals surface area contributed by atoms with E-state index in [1.165, 1.54) is 0 Å². The van der Waals surface area contributed by atoms with Crippen LogP contribution in [-0.4, -0.2) is 17.1 Å². The van der Waals surface area contributed by atoms with E-state index in [1.54, 1.807) is 19.2 Å². The van der Waals surface area contributed by atoms with Gasteiger partial charge in [0, 0.05) is 11.8 Å². The molecule has 0 bridgehead atoms. The number of ether oxygens (including phenoxy) is 1. The lowest BCUT2D eigenvalue weighted by Gasteiger charge is -2.01. The highest BCUT2D eigenvalue weighted by Gasteiger charge is 2.02. The maximum atomic E-state index is 11.5. The Bertz CT molecular complexity index is 531. The van der Waals surface area contributed by atoms with Gasteiger partial charge in [-0.05, 0) is 19.1 Å². The summed E-state index contributed by atoms with van der Waals surface area (Å²) in [6.45, 7) is 1.82. The average Bonchev–Trinajstić information content (AvgIpc) is 2.16. The van der Waals surface area contributed by atoms with E-state index >= 15 is 0 Å². The van der Waals surface area contributed by atoms with Crippen LogP contribution in [0.15, 0.2) is 23.0 Å². The molecule has 4 nitrogen and oxygen atoms in total. The third-order valence-electron chi connectivity index (χ3n) is 2.02. The Hall–Kier alpha value is -1.84. The Morgan fingerprint density at radius 3 is 2.93 bits per heavy atom. The van der Waals surface area contributed by atoms with Crippen molar-refractivity contribution in [1.82, 2.24) is 9.97 Å². The first-order chi connectivity index (χ1) is 6.70. The SMILES string of the molecule is COc1ccc2c(=O)[nH]c(C)cc2n1. The summed E-state index contributed by atoms with van der Waals surface area (Å²) >= 11 is 0. The number of aryl methyl sites for hydroxylation is 1. The Morgan fingerprint density at radius 2 is 2.21 bits per heavy atom. The van der Waals surface area contributed by atoms with Crippen molar-refractivity contribution in [3.05, 3.63) is 34.2 Å². The molecule has 0 aromatic carbocycles. The molecule has 2 rings (SSSR count). The van der Waals surface area contributed by atoms with Crippen LogP contribution in [0.3, 0.4) is 0 Å². The number of rotatable bonds is 1. The third-order valence-corrected chi connectivity index (χ3v) is 2.02. The average molecular weight is 190 g/mol. The fourth-order valence-corrected chi connectivity index (χ4v) is 1.36. The molecule has 0 aliphatic heterocycles. The number of hydrogen-bond donors (Lipinski definition) is 1. The fourth-order valence-electron chi connectivity index (χ4n) is 1.36. The number of pyridine rings is 2. The molecule has 0 aliphatic carbocycles. The monoisotopic (exact) mass is 190 g/mol. The summed E-state index contributed by atoms with van der Waals surface area (Å²) in [5, 5.41) is 0.580. The summed E-state index contributed by atoms with van der Waals surface area (Å²) in [5.74, 6) is 0.516. The van der Waals surface area contributed by atoms with Crippen molar-refractivity contribution >= 4 is 10.9 Å². The lowest BCUT2D eigenvalue weighted by atomic mass is 10.2. The standard InChI is InChI=1S/C10H10N2O2/c1-6-5-8-7(10(13)11-6)3-4-9(12-8)14-2/h3-5H,1-2H3,(H,11,13). The van der Waals surface area contributed by atoms with Gasteiger partial charge in [0.25, 0.3) is 5.56 Å². The van der Waals surface area contributed by atoms with Gasteiger partial charge in [-0.3, -0.25) is 4.79 Å². The largest absolute Gasteiger partial charge is 0.481 e. The molecule has 1 N–H and O–H groups in total. The van der Waals surface area contributed by atoms with Gasteiger partial charge in [-0.15, -0.1) is 0 Å². The highest BCUT2D eigenvalue weighted by molar-refractivity contribution is 5.78. The van der Waals surface area contributed by atoms with E-state index in [-0.39, 0.29) is 5.56 Å². The molecular weight excluding hydrogens is 180 g/mol. The van der Waals surface area contributed by atoms with E-state index in [1.807, 2.05) is 13.0 Å². The first-order valence-electron chi connectivity index (χ1n) is 4.25. The number of fused-ring (bicyclic) bond motifs is 1. The van der Waals surface area contributed by atoms with E-state index in [2.05, 4.69) is 9.97 Å². The van der Waals surface area contributed by atoms with Crippen LogP contribution in [0.5, 0.6) is 5.88 Å². The zero-order chi connectivity index (χ0) is 10.1. The van der Waals surface area contributed by atoms with E-state index in [0.717, 1.165) is 5.69 Å². The van der Waals surface area contributed by atoms with E-state index < -0.39 is 0 Å². The van der Waals surface area contributed by atoms with Crippen LogP contribution in [0, 0.1) is 6.92 Å². The second-order valence-corrected chi connectivity index (χ2v) is 3.07. The molecular formula is C10H10N2O2. The first-order valence-corrected chi connectivity index (χ1v) is 4.25.